The molecule has 1 aromatic rings. The van der Waals surface area contributed by atoms with Crippen LogP contribution in [0.4, 0.5) is 26.3 Å². The molecule has 20 heavy (non-hydrogen) atoms. The lowest BCUT2D eigenvalue weighted by atomic mass is 9.68. The fourth-order valence-corrected chi connectivity index (χ4v) is 2.95. The number of halogens is 6. The van der Waals surface area contributed by atoms with Crippen molar-refractivity contribution in [3.05, 3.63) is 35.9 Å². The lowest BCUT2D eigenvalue weighted by Gasteiger charge is -2.39. The normalized spacial score (nSPS) is 24.4. The van der Waals surface area contributed by atoms with Gasteiger partial charge in [0.05, 0.1) is 0 Å². The number of nitrogens with one attached hydrogen (secondary N) is 1. The summed E-state index contributed by atoms with van der Waals surface area (Å²) in [5, 5.41) is 2.64. The van der Waals surface area contributed by atoms with E-state index in [9.17, 15) is 26.3 Å². The van der Waals surface area contributed by atoms with Crippen molar-refractivity contribution in [2.75, 3.05) is 13.1 Å². The fourth-order valence-electron chi connectivity index (χ4n) is 2.95. The van der Waals surface area contributed by atoms with Gasteiger partial charge in [0.15, 0.2) is 5.92 Å². The highest BCUT2D eigenvalue weighted by Gasteiger charge is 2.67. The van der Waals surface area contributed by atoms with Crippen molar-refractivity contribution in [2.45, 2.75) is 24.2 Å². The van der Waals surface area contributed by atoms with Gasteiger partial charge in [-0.25, -0.2) is 0 Å². The number of hydrogen-bond donors (Lipinski definition) is 1. The molecule has 1 nitrogen and oxygen atoms in total. The van der Waals surface area contributed by atoms with Crippen LogP contribution < -0.4 is 5.32 Å². The first-order valence-electron chi connectivity index (χ1n) is 6.07. The van der Waals surface area contributed by atoms with Gasteiger partial charge in [-0.1, -0.05) is 30.3 Å². The van der Waals surface area contributed by atoms with Gasteiger partial charge in [0.25, 0.3) is 0 Å². The molecule has 0 aromatic heterocycles. The molecule has 0 bridgehead atoms. The van der Waals surface area contributed by atoms with Crippen LogP contribution in [0, 0.1) is 5.92 Å². The number of hydrogen-bond acceptors (Lipinski definition) is 1. The molecule has 1 heterocycles. The molecule has 1 aliphatic heterocycles. The van der Waals surface area contributed by atoms with Crippen molar-refractivity contribution in [1.82, 2.24) is 5.32 Å². The zero-order chi connectivity index (χ0) is 15.0. The molecule has 1 aromatic carbocycles. The second kappa shape index (κ2) is 4.95. The first-order valence-corrected chi connectivity index (χ1v) is 6.07. The van der Waals surface area contributed by atoms with Crippen LogP contribution in [-0.2, 0) is 5.41 Å². The van der Waals surface area contributed by atoms with E-state index in [0.717, 1.165) is 0 Å². The number of rotatable bonds is 2. The predicted octanol–water partition coefficient (Wildman–Crippen LogP) is 3.66. The summed E-state index contributed by atoms with van der Waals surface area (Å²) in [7, 11) is 0. The van der Waals surface area contributed by atoms with E-state index in [0.29, 0.717) is 0 Å². The average molecular weight is 297 g/mol. The van der Waals surface area contributed by atoms with E-state index in [1.165, 1.54) is 24.3 Å². The van der Waals surface area contributed by atoms with Gasteiger partial charge in [-0.05, 0) is 18.5 Å². The largest absolute Gasteiger partial charge is 0.401 e. The first-order chi connectivity index (χ1) is 9.18. The van der Waals surface area contributed by atoms with Crippen molar-refractivity contribution >= 4 is 0 Å². The molecule has 7 heteroatoms. The van der Waals surface area contributed by atoms with Gasteiger partial charge in [-0.15, -0.1) is 0 Å². The van der Waals surface area contributed by atoms with Crippen molar-refractivity contribution < 1.29 is 26.3 Å². The van der Waals surface area contributed by atoms with Gasteiger partial charge < -0.3 is 5.32 Å². The van der Waals surface area contributed by atoms with Crippen LogP contribution >= 0.6 is 0 Å². The fraction of sp³-hybridized carbons (Fsp3) is 0.538. The zero-order valence-corrected chi connectivity index (χ0v) is 10.4. The highest BCUT2D eigenvalue weighted by molar-refractivity contribution is 5.30. The van der Waals surface area contributed by atoms with Gasteiger partial charge in [-0.2, -0.15) is 26.3 Å². The summed E-state index contributed by atoms with van der Waals surface area (Å²) < 4.78 is 78.3. The van der Waals surface area contributed by atoms with E-state index in [2.05, 4.69) is 5.32 Å². The molecule has 1 unspecified atom stereocenters. The van der Waals surface area contributed by atoms with Gasteiger partial charge in [0, 0.05) is 12.0 Å². The third kappa shape index (κ3) is 2.63. The molecule has 0 aliphatic carbocycles. The summed E-state index contributed by atoms with van der Waals surface area (Å²) in [5.41, 5.74) is -1.91. The van der Waals surface area contributed by atoms with Crippen LogP contribution in [0.1, 0.15) is 12.0 Å². The maximum Gasteiger partial charge on any atom is 0.401 e. The molecule has 0 amide bonds. The quantitative estimate of drug-likeness (QED) is 0.822. The molecule has 0 radical (unpaired) electrons. The third-order valence-corrected chi connectivity index (χ3v) is 3.74. The monoisotopic (exact) mass is 297 g/mol. The van der Waals surface area contributed by atoms with Crippen LogP contribution in [-0.4, -0.2) is 25.4 Å². The van der Waals surface area contributed by atoms with E-state index in [4.69, 9.17) is 0 Å². The van der Waals surface area contributed by atoms with Crippen molar-refractivity contribution in [3.63, 3.8) is 0 Å². The third-order valence-electron chi connectivity index (χ3n) is 3.74. The Bertz CT molecular complexity index is 430. The summed E-state index contributed by atoms with van der Waals surface area (Å²) in [5.74, 6) is -3.36. The minimum absolute atomic E-state index is 0.0738. The van der Waals surface area contributed by atoms with Crippen LogP contribution in [0.15, 0.2) is 30.3 Å². The van der Waals surface area contributed by atoms with Crippen molar-refractivity contribution in [2.24, 2.45) is 5.92 Å². The molecule has 1 atom stereocenters. The zero-order valence-electron chi connectivity index (χ0n) is 10.4. The Kier molecular flexibility index (Phi) is 3.75. The SMILES string of the molecule is FC(F)(F)C(C(F)(F)F)C1(c2ccccc2)CCNC1. The van der Waals surface area contributed by atoms with Gasteiger partial charge in [0.1, 0.15) is 0 Å². The molecule has 2 rings (SSSR count). The summed E-state index contributed by atoms with van der Waals surface area (Å²) in [6.07, 6.45) is -10.9. The van der Waals surface area contributed by atoms with E-state index in [1.54, 1.807) is 6.07 Å². The molecule has 1 saturated heterocycles. The van der Waals surface area contributed by atoms with E-state index in [1.807, 2.05) is 0 Å². The Morgan fingerprint density at radius 2 is 1.50 bits per heavy atom. The Labute approximate surface area is 112 Å². The molecule has 112 valence electrons. The van der Waals surface area contributed by atoms with Crippen molar-refractivity contribution in [1.29, 1.82) is 0 Å². The van der Waals surface area contributed by atoms with Gasteiger partial charge in [-0.3, -0.25) is 0 Å². The summed E-state index contributed by atoms with van der Waals surface area (Å²) in [6.45, 7) is -0.196. The lowest BCUT2D eigenvalue weighted by Crippen LogP contribution is -2.52. The minimum atomic E-state index is -5.33. The van der Waals surface area contributed by atoms with E-state index < -0.39 is 23.7 Å². The number of alkyl halides is 6. The van der Waals surface area contributed by atoms with Crippen LogP contribution in [0.3, 0.4) is 0 Å². The van der Waals surface area contributed by atoms with Gasteiger partial charge >= 0.3 is 12.4 Å². The molecule has 1 N–H and O–H groups in total. The standard InChI is InChI=1S/C13H13F6N/c14-12(15,16)10(13(17,18)19)11(6-7-20-8-11)9-4-2-1-3-5-9/h1-5,10,20H,6-8H2. The van der Waals surface area contributed by atoms with Crippen LogP contribution in [0.5, 0.6) is 0 Å². The second-order valence-corrected chi connectivity index (χ2v) is 4.97. The summed E-state index contributed by atoms with van der Waals surface area (Å²) in [6, 6.07) is 7.14. The predicted molar refractivity (Wildman–Crippen MR) is 61.2 cm³/mol. The Hall–Kier alpha value is -1.24. The molecule has 1 aliphatic rings. The topological polar surface area (TPSA) is 12.0 Å². The maximum atomic E-state index is 13.1. The van der Waals surface area contributed by atoms with E-state index in [-0.39, 0.29) is 25.1 Å². The Morgan fingerprint density at radius 1 is 0.950 bits per heavy atom. The maximum absolute atomic E-state index is 13.1. The van der Waals surface area contributed by atoms with Crippen molar-refractivity contribution in [3.8, 4) is 0 Å². The lowest BCUT2D eigenvalue weighted by molar-refractivity contribution is -0.302. The minimum Gasteiger partial charge on any atom is -0.316 e. The molecule has 1 fully saturated rings. The highest BCUT2D eigenvalue weighted by atomic mass is 19.4. The Balaban J connectivity index is 2.57. The summed E-state index contributed by atoms with van der Waals surface area (Å²) in [4.78, 5) is 0. The molecular formula is C13H13F6N. The molecule has 0 saturated carbocycles. The second-order valence-electron chi connectivity index (χ2n) is 4.97. The first kappa shape index (κ1) is 15.2. The number of benzene rings is 1. The van der Waals surface area contributed by atoms with Crippen LogP contribution in [0.2, 0.25) is 0 Å². The van der Waals surface area contributed by atoms with E-state index >= 15 is 0 Å². The van der Waals surface area contributed by atoms with Crippen LogP contribution in [0.25, 0.3) is 0 Å². The molecular weight excluding hydrogens is 284 g/mol. The summed E-state index contributed by atoms with van der Waals surface area (Å²) >= 11 is 0. The molecule has 0 spiro atoms. The van der Waals surface area contributed by atoms with Gasteiger partial charge in [0.2, 0.25) is 0 Å². The smallest absolute Gasteiger partial charge is 0.316 e. The Morgan fingerprint density at radius 3 is 1.90 bits per heavy atom. The highest BCUT2D eigenvalue weighted by Crippen LogP contribution is 2.53. The average Bonchev–Trinajstić information content (AvgIpc) is 2.76.